The number of halogens is 1. The number of aryl methyl sites for hydroxylation is 1. The molecular formula is C19H18ClN3O3S. The van der Waals surface area contributed by atoms with Gasteiger partial charge in [0.15, 0.2) is 0 Å². The quantitative estimate of drug-likeness (QED) is 0.684. The van der Waals surface area contributed by atoms with Crippen LogP contribution in [0.25, 0.3) is 10.2 Å². The molecular weight excluding hydrogens is 386 g/mol. The number of primary amides is 1. The van der Waals surface area contributed by atoms with Gasteiger partial charge in [-0.1, -0.05) is 23.7 Å². The van der Waals surface area contributed by atoms with Crippen molar-refractivity contribution in [1.82, 2.24) is 9.55 Å². The topological polar surface area (TPSA) is 95.0 Å². The van der Waals surface area contributed by atoms with Crippen LogP contribution in [0.1, 0.15) is 40.0 Å². The van der Waals surface area contributed by atoms with Crippen LogP contribution in [0, 0.1) is 6.92 Å². The van der Waals surface area contributed by atoms with E-state index in [9.17, 15) is 14.4 Å². The van der Waals surface area contributed by atoms with Crippen LogP contribution in [-0.4, -0.2) is 21.2 Å². The molecule has 1 amide bonds. The van der Waals surface area contributed by atoms with Crippen molar-refractivity contribution in [3.8, 4) is 0 Å². The number of nitrogens with two attached hydrogens (primary N) is 1. The summed E-state index contributed by atoms with van der Waals surface area (Å²) in [5.74, 6) is -0.0583. The van der Waals surface area contributed by atoms with Crippen molar-refractivity contribution in [2.75, 3.05) is 0 Å². The fourth-order valence-corrected chi connectivity index (χ4v) is 4.08. The van der Waals surface area contributed by atoms with E-state index in [2.05, 4.69) is 4.98 Å². The van der Waals surface area contributed by atoms with Crippen LogP contribution in [-0.2, 0) is 17.8 Å². The predicted octanol–water partition coefficient (Wildman–Crippen LogP) is 3.09. The number of benzene rings is 1. The third kappa shape index (κ3) is 3.94. The van der Waals surface area contributed by atoms with Crippen molar-refractivity contribution >= 4 is 44.8 Å². The van der Waals surface area contributed by atoms with Crippen LogP contribution in [0.5, 0.6) is 0 Å². The lowest BCUT2D eigenvalue weighted by Gasteiger charge is -2.12. The number of fused-ring (bicyclic) bond motifs is 1. The minimum Gasteiger partial charge on any atom is -0.365 e. The molecule has 0 bridgehead atoms. The summed E-state index contributed by atoms with van der Waals surface area (Å²) < 4.78 is 1.52. The Labute approximate surface area is 164 Å². The predicted molar refractivity (Wildman–Crippen MR) is 107 cm³/mol. The van der Waals surface area contributed by atoms with Gasteiger partial charge in [-0.2, -0.15) is 0 Å². The van der Waals surface area contributed by atoms with Gasteiger partial charge in [0.25, 0.3) is 11.5 Å². The van der Waals surface area contributed by atoms with Crippen LogP contribution >= 0.6 is 22.9 Å². The van der Waals surface area contributed by atoms with E-state index in [0.29, 0.717) is 37.9 Å². The zero-order valence-electron chi connectivity index (χ0n) is 14.9. The molecule has 0 saturated carbocycles. The molecule has 0 unspecified atom stereocenters. The Morgan fingerprint density at radius 1 is 1.26 bits per heavy atom. The van der Waals surface area contributed by atoms with E-state index in [4.69, 9.17) is 17.3 Å². The van der Waals surface area contributed by atoms with Crippen molar-refractivity contribution in [2.45, 2.75) is 33.2 Å². The lowest BCUT2D eigenvalue weighted by molar-refractivity contribution is -0.117. The number of ketones is 1. The Morgan fingerprint density at radius 2 is 1.93 bits per heavy atom. The van der Waals surface area contributed by atoms with Gasteiger partial charge in [-0.05, 0) is 37.1 Å². The standard InChI is InChI=1S/C19H18ClN3O3S/c1-10(24)7-8-23-14(9-12-3-5-13(20)6-4-12)22-18-15(19(23)26)11(2)16(27-18)17(21)25/h3-6H,7-9H2,1-2H3,(H2,21,25). The van der Waals surface area contributed by atoms with Crippen LogP contribution < -0.4 is 11.3 Å². The lowest BCUT2D eigenvalue weighted by atomic mass is 10.1. The van der Waals surface area contributed by atoms with Gasteiger partial charge in [-0.3, -0.25) is 19.0 Å². The molecule has 140 valence electrons. The Balaban J connectivity index is 2.18. The molecule has 3 aromatic rings. The van der Waals surface area contributed by atoms with Crippen LogP contribution in [0.2, 0.25) is 5.02 Å². The number of aromatic nitrogens is 2. The molecule has 0 aliphatic carbocycles. The van der Waals surface area contributed by atoms with E-state index < -0.39 is 5.91 Å². The summed E-state index contributed by atoms with van der Waals surface area (Å²) in [6.07, 6.45) is 0.635. The molecule has 0 aliphatic rings. The molecule has 3 rings (SSSR count). The van der Waals surface area contributed by atoms with Gasteiger partial charge in [0.1, 0.15) is 16.4 Å². The summed E-state index contributed by atoms with van der Waals surface area (Å²) in [5.41, 5.74) is 6.63. The Morgan fingerprint density at radius 3 is 2.52 bits per heavy atom. The molecule has 1 aromatic carbocycles. The van der Waals surface area contributed by atoms with Gasteiger partial charge in [0.2, 0.25) is 0 Å². The first-order chi connectivity index (χ1) is 12.8. The van der Waals surface area contributed by atoms with Crippen molar-refractivity contribution in [1.29, 1.82) is 0 Å². The van der Waals surface area contributed by atoms with E-state index in [1.54, 1.807) is 19.1 Å². The second-order valence-corrected chi connectivity index (χ2v) is 7.78. The minimum absolute atomic E-state index is 0.0145. The van der Waals surface area contributed by atoms with E-state index in [1.807, 2.05) is 12.1 Å². The normalized spacial score (nSPS) is 11.1. The molecule has 6 nitrogen and oxygen atoms in total. The molecule has 0 fully saturated rings. The molecule has 0 radical (unpaired) electrons. The third-order valence-electron chi connectivity index (χ3n) is 4.32. The van der Waals surface area contributed by atoms with Gasteiger partial charge in [0.05, 0.1) is 10.3 Å². The molecule has 2 N–H and O–H groups in total. The van der Waals surface area contributed by atoms with Gasteiger partial charge >= 0.3 is 0 Å². The summed E-state index contributed by atoms with van der Waals surface area (Å²) in [6.45, 7) is 3.41. The van der Waals surface area contributed by atoms with Crippen molar-refractivity contribution in [3.05, 3.63) is 61.5 Å². The van der Waals surface area contributed by atoms with Gasteiger partial charge < -0.3 is 5.73 Å². The molecule has 0 aliphatic heterocycles. The average molecular weight is 404 g/mol. The molecule has 2 aromatic heterocycles. The molecule has 2 heterocycles. The van der Waals surface area contributed by atoms with E-state index in [-0.39, 0.29) is 24.3 Å². The zero-order valence-corrected chi connectivity index (χ0v) is 16.5. The van der Waals surface area contributed by atoms with E-state index >= 15 is 0 Å². The number of hydrogen-bond donors (Lipinski definition) is 1. The lowest BCUT2D eigenvalue weighted by Crippen LogP contribution is -2.26. The Kier molecular flexibility index (Phi) is 5.43. The number of Topliss-reactive ketones (excluding diaryl/α,β-unsaturated/α-hetero) is 1. The van der Waals surface area contributed by atoms with E-state index in [1.165, 1.54) is 11.5 Å². The maximum absolute atomic E-state index is 13.1. The van der Waals surface area contributed by atoms with Crippen LogP contribution in [0.3, 0.4) is 0 Å². The second-order valence-electron chi connectivity index (χ2n) is 6.34. The summed E-state index contributed by atoms with van der Waals surface area (Å²) in [7, 11) is 0. The highest BCUT2D eigenvalue weighted by Gasteiger charge is 2.20. The molecule has 8 heteroatoms. The largest absolute Gasteiger partial charge is 0.365 e. The first-order valence-electron chi connectivity index (χ1n) is 8.34. The Bertz CT molecular complexity index is 1100. The third-order valence-corrected chi connectivity index (χ3v) is 5.77. The van der Waals surface area contributed by atoms with E-state index in [0.717, 1.165) is 16.9 Å². The average Bonchev–Trinajstić information content (AvgIpc) is 2.93. The highest BCUT2D eigenvalue weighted by atomic mass is 35.5. The maximum Gasteiger partial charge on any atom is 0.262 e. The smallest absolute Gasteiger partial charge is 0.262 e. The monoisotopic (exact) mass is 403 g/mol. The summed E-state index contributed by atoms with van der Waals surface area (Å²) in [5, 5.41) is 1.01. The molecule has 0 spiro atoms. The maximum atomic E-state index is 13.1. The SMILES string of the molecule is CC(=O)CCn1c(Cc2ccc(Cl)cc2)nc2sc(C(N)=O)c(C)c2c1=O. The minimum atomic E-state index is -0.579. The highest BCUT2D eigenvalue weighted by Crippen LogP contribution is 2.27. The van der Waals surface area contributed by atoms with Gasteiger partial charge in [0, 0.05) is 24.4 Å². The number of carbonyl (C=O) groups excluding carboxylic acids is 2. The first kappa shape index (κ1) is 19.3. The molecule has 0 atom stereocenters. The van der Waals surface area contributed by atoms with Gasteiger partial charge in [-0.15, -0.1) is 11.3 Å². The van der Waals surface area contributed by atoms with Crippen molar-refractivity contribution in [3.63, 3.8) is 0 Å². The number of hydrogen-bond acceptors (Lipinski definition) is 5. The highest BCUT2D eigenvalue weighted by molar-refractivity contribution is 7.20. The zero-order chi connectivity index (χ0) is 19.7. The summed E-state index contributed by atoms with van der Waals surface area (Å²) >= 11 is 7.05. The number of carbonyl (C=O) groups is 2. The fraction of sp³-hybridized carbons (Fsp3) is 0.263. The number of rotatable bonds is 6. The number of nitrogens with zero attached hydrogens (tertiary/aromatic N) is 2. The second kappa shape index (κ2) is 7.62. The number of amides is 1. The molecule has 0 saturated heterocycles. The fourth-order valence-electron chi connectivity index (χ4n) is 2.91. The summed E-state index contributed by atoms with van der Waals surface area (Å²) in [6, 6.07) is 7.27. The van der Waals surface area contributed by atoms with Crippen molar-refractivity contribution in [2.24, 2.45) is 5.73 Å². The van der Waals surface area contributed by atoms with Crippen LogP contribution in [0.4, 0.5) is 0 Å². The summed E-state index contributed by atoms with van der Waals surface area (Å²) in [4.78, 5) is 41.6. The number of thiophene rings is 1. The Hall–Kier alpha value is -2.51. The van der Waals surface area contributed by atoms with Crippen molar-refractivity contribution < 1.29 is 9.59 Å². The first-order valence-corrected chi connectivity index (χ1v) is 9.54. The van der Waals surface area contributed by atoms with Gasteiger partial charge in [-0.25, -0.2) is 4.98 Å². The molecule has 27 heavy (non-hydrogen) atoms. The van der Waals surface area contributed by atoms with Crippen LogP contribution in [0.15, 0.2) is 29.1 Å².